The molecule has 2 unspecified atom stereocenters. The van der Waals surface area contributed by atoms with Crippen LogP contribution in [0.15, 0.2) is 47.2 Å². The third-order valence-electron chi connectivity index (χ3n) is 5.33. The predicted octanol–water partition coefficient (Wildman–Crippen LogP) is 2.92. The number of rotatable bonds is 3. The molecule has 0 aliphatic carbocycles. The Morgan fingerprint density at radius 3 is 2.81 bits per heavy atom. The van der Waals surface area contributed by atoms with Crippen LogP contribution in [0, 0.1) is 0 Å². The second-order valence-corrected chi connectivity index (χ2v) is 8.39. The first kappa shape index (κ1) is 17.6. The second-order valence-electron chi connectivity index (χ2n) is 7.53. The summed E-state index contributed by atoms with van der Waals surface area (Å²) in [5.74, 6) is 0.792. The quantitative estimate of drug-likeness (QED) is 0.603. The summed E-state index contributed by atoms with van der Waals surface area (Å²) >= 11 is 6.31. The summed E-state index contributed by atoms with van der Waals surface area (Å²) in [6.45, 7) is 5.62. The molecule has 1 aromatic rings. The number of piperazine rings is 1. The Labute approximate surface area is 159 Å². The Morgan fingerprint density at radius 2 is 2.08 bits per heavy atom. The Kier molecular flexibility index (Phi) is 4.76. The normalized spacial score (nSPS) is 31.5. The Bertz CT molecular complexity index is 732. The van der Waals surface area contributed by atoms with Crippen LogP contribution in [0.25, 0.3) is 0 Å². The van der Waals surface area contributed by atoms with E-state index in [2.05, 4.69) is 20.9 Å². The van der Waals surface area contributed by atoms with Crippen molar-refractivity contribution < 1.29 is 9.53 Å². The van der Waals surface area contributed by atoms with Crippen molar-refractivity contribution in [3.8, 4) is 0 Å². The average molecular weight is 374 g/mol. The maximum absolute atomic E-state index is 12.3. The van der Waals surface area contributed by atoms with Crippen molar-refractivity contribution in [2.45, 2.75) is 36.8 Å². The van der Waals surface area contributed by atoms with Crippen LogP contribution in [-0.2, 0) is 4.74 Å². The molecule has 0 aromatic heterocycles. The fourth-order valence-corrected chi connectivity index (χ4v) is 4.02. The first-order valence-corrected chi connectivity index (χ1v) is 9.57. The highest BCUT2D eigenvalue weighted by atomic mass is 35.5. The number of alkyl halides is 1. The Morgan fingerprint density at radius 1 is 1.27 bits per heavy atom. The van der Waals surface area contributed by atoms with Gasteiger partial charge in [0.2, 0.25) is 0 Å². The molecule has 1 aromatic carbocycles. The van der Waals surface area contributed by atoms with Gasteiger partial charge in [-0.3, -0.25) is 4.90 Å². The predicted molar refractivity (Wildman–Crippen MR) is 103 cm³/mol. The maximum atomic E-state index is 12.3. The Hall–Kier alpha value is -1.85. The first-order chi connectivity index (χ1) is 12.5. The van der Waals surface area contributed by atoms with Crippen LogP contribution in [0.2, 0.25) is 0 Å². The zero-order valence-electron chi connectivity index (χ0n) is 15.0. The van der Waals surface area contributed by atoms with E-state index in [1.54, 1.807) is 12.1 Å². The van der Waals surface area contributed by atoms with Gasteiger partial charge in [-0.2, -0.15) is 0 Å². The molecule has 3 aliphatic rings. The maximum Gasteiger partial charge on any atom is 0.338 e. The molecule has 0 spiro atoms. The van der Waals surface area contributed by atoms with Crippen LogP contribution in [0.5, 0.6) is 0 Å². The number of halogens is 1. The SMILES string of the molecule is CC1(Cl)C=NC(N2CCN3C[C@@H](OC(=O)c4ccccc4)CC3C2)=CC1. The minimum atomic E-state index is -0.366. The van der Waals surface area contributed by atoms with Crippen molar-refractivity contribution in [3.05, 3.63) is 47.8 Å². The summed E-state index contributed by atoms with van der Waals surface area (Å²) in [5.41, 5.74) is 0.616. The fraction of sp³-hybridized carbons (Fsp3) is 0.500. The number of carbonyl (C=O) groups is 1. The Balaban J connectivity index is 1.34. The van der Waals surface area contributed by atoms with Gasteiger partial charge in [-0.05, 0) is 31.6 Å². The van der Waals surface area contributed by atoms with E-state index in [9.17, 15) is 4.79 Å². The van der Waals surface area contributed by atoms with Gasteiger partial charge in [0.15, 0.2) is 0 Å². The number of carbonyl (C=O) groups excluding carboxylic acids is 1. The third kappa shape index (κ3) is 3.79. The standard InChI is InChI=1S/C20H24ClN3O2/c1-20(21)8-7-18(22-14-20)24-10-9-23-13-17(11-16(23)12-24)26-19(25)15-5-3-2-4-6-15/h2-7,14,16-17H,8-13H2,1H3/t16?,17-,20?/m0/s1. The van der Waals surface area contributed by atoms with E-state index in [-0.39, 0.29) is 16.9 Å². The number of aliphatic imine (C=N–C) groups is 1. The lowest BCUT2D eigenvalue weighted by Crippen LogP contribution is -2.49. The molecule has 0 saturated carbocycles. The average Bonchev–Trinajstić information content (AvgIpc) is 3.03. The van der Waals surface area contributed by atoms with E-state index >= 15 is 0 Å². The summed E-state index contributed by atoms with van der Waals surface area (Å²) in [7, 11) is 0. The summed E-state index contributed by atoms with van der Waals surface area (Å²) in [4.78, 5) is 21.2. The van der Waals surface area contributed by atoms with E-state index in [4.69, 9.17) is 16.3 Å². The molecule has 3 aliphatic heterocycles. The van der Waals surface area contributed by atoms with Gasteiger partial charge >= 0.3 is 5.97 Å². The van der Waals surface area contributed by atoms with Crippen molar-refractivity contribution in [1.29, 1.82) is 0 Å². The van der Waals surface area contributed by atoms with Crippen LogP contribution < -0.4 is 0 Å². The lowest BCUT2D eigenvalue weighted by Gasteiger charge is -2.39. The number of benzene rings is 1. The summed E-state index contributed by atoms with van der Waals surface area (Å²) in [6, 6.07) is 9.61. The molecule has 3 heterocycles. The zero-order chi connectivity index (χ0) is 18.1. The van der Waals surface area contributed by atoms with Crippen LogP contribution in [0.3, 0.4) is 0 Å². The summed E-state index contributed by atoms with van der Waals surface area (Å²) < 4.78 is 5.74. The summed E-state index contributed by atoms with van der Waals surface area (Å²) in [6.07, 6.45) is 5.61. The molecule has 3 atom stereocenters. The molecule has 4 rings (SSSR count). The van der Waals surface area contributed by atoms with Gasteiger partial charge in [0.1, 0.15) is 11.9 Å². The van der Waals surface area contributed by atoms with Crippen molar-refractivity contribution >= 4 is 23.8 Å². The minimum absolute atomic E-state index is 0.0392. The van der Waals surface area contributed by atoms with Gasteiger partial charge in [-0.15, -0.1) is 11.6 Å². The van der Waals surface area contributed by atoms with Gasteiger partial charge in [0.25, 0.3) is 0 Å². The molecule has 0 bridgehead atoms. The molecule has 0 N–H and O–H groups in total. The van der Waals surface area contributed by atoms with Crippen molar-refractivity contribution in [2.75, 3.05) is 26.2 Å². The van der Waals surface area contributed by atoms with Crippen molar-refractivity contribution in [2.24, 2.45) is 4.99 Å². The second kappa shape index (κ2) is 7.05. The number of esters is 1. The van der Waals surface area contributed by atoms with Crippen LogP contribution >= 0.6 is 11.6 Å². The zero-order valence-corrected chi connectivity index (χ0v) is 15.7. The molecule has 26 heavy (non-hydrogen) atoms. The highest BCUT2D eigenvalue weighted by Gasteiger charge is 2.38. The molecule has 2 saturated heterocycles. The minimum Gasteiger partial charge on any atom is -0.457 e. The third-order valence-corrected chi connectivity index (χ3v) is 5.59. The van der Waals surface area contributed by atoms with E-state index in [0.717, 1.165) is 44.8 Å². The molecule has 2 fully saturated rings. The van der Waals surface area contributed by atoms with Gasteiger partial charge in [-0.1, -0.05) is 18.2 Å². The molecular formula is C20H24ClN3O2. The number of ether oxygens (including phenoxy) is 1. The van der Waals surface area contributed by atoms with Gasteiger partial charge in [-0.25, -0.2) is 9.79 Å². The number of hydrogen-bond acceptors (Lipinski definition) is 5. The van der Waals surface area contributed by atoms with E-state index < -0.39 is 0 Å². The monoisotopic (exact) mass is 373 g/mol. The molecule has 138 valence electrons. The highest BCUT2D eigenvalue weighted by Crippen LogP contribution is 2.29. The molecule has 0 amide bonds. The van der Waals surface area contributed by atoms with Gasteiger partial charge in [0.05, 0.1) is 10.4 Å². The number of allylic oxidation sites excluding steroid dienone is 1. The van der Waals surface area contributed by atoms with Crippen molar-refractivity contribution in [3.63, 3.8) is 0 Å². The first-order valence-electron chi connectivity index (χ1n) is 9.19. The fourth-order valence-electron chi connectivity index (χ4n) is 3.89. The lowest BCUT2D eigenvalue weighted by atomic mass is 10.1. The van der Waals surface area contributed by atoms with Gasteiger partial charge in [0, 0.05) is 44.9 Å². The lowest BCUT2D eigenvalue weighted by molar-refractivity contribution is 0.0321. The van der Waals surface area contributed by atoms with Crippen LogP contribution in [-0.4, -0.2) is 65.2 Å². The highest BCUT2D eigenvalue weighted by molar-refractivity contribution is 6.32. The van der Waals surface area contributed by atoms with Crippen LogP contribution in [0.4, 0.5) is 0 Å². The number of fused-ring (bicyclic) bond motifs is 1. The van der Waals surface area contributed by atoms with E-state index in [1.165, 1.54) is 0 Å². The number of hydrogen-bond donors (Lipinski definition) is 0. The molecule has 6 heteroatoms. The smallest absolute Gasteiger partial charge is 0.338 e. The largest absolute Gasteiger partial charge is 0.457 e. The van der Waals surface area contributed by atoms with Crippen molar-refractivity contribution in [1.82, 2.24) is 9.80 Å². The molecule has 5 nitrogen and oxygen atoms in total. The van der Waals surface area contributed by atoms with Gasteiger partial charge < -0.3 is 9.64 Å². The topological polar surface area (TPSA) is 45.1 Å². The van der Waals surface area contributed by atoms with Crippen LogP contribution in [0.1, 0.15) is 30.1 Å². The summed E-state index contributed by atoms with van der Waals surface area (Å²) in [5, 5.41) is 0. The number of nitrogens with zero attached hydrogens (tertiary/aromatic N) is 3. The molecule has 0 radical (unpaired) electrons. The molecular weight excluding hydrogens is 350 g/mol. The van der Waals surface area contributed by atoms with E-state index in [1.807, 2.05) is 31.3 Å². The van der Waals surface area contributed by atoms with E-state index in [0.29, 0.717) is 11.6 Å².